The third-order valence-electron chi connectivity index (χ3n) is 2.96. The summed E-state index contributed by atoms with van der Waals surface area (Å²) in [5, 5.41) is 11.3. The minimum atomic E-state index is 0.495. The number of aryl methyl sites for hydroxylation is 1. The zero-order valence-electron chi connectivity index (χ0n) is 10.7. The van der Waals surface area contributed by atoms with Gasteiger partial charge in [0.2, 0.25) is 0 Å². The molecule has 0 unspecified atom stereocenters. The van der Waals surface area contributed by atoms with E-state index in [0.717, 1.165) is 23.4 Å². The van der Waals surface area contributed by atoms with Crippen LogP contribution in [0.1, 0.15) is 23.6 Å². The Bertz CT molecular complexity index is 544. The Hall–Kier alpha value is -2.16. The number of hydrogen-bond acceptors (Lipinski definition) is 3. The number of pyridine rings is 1. The van der Waals surface area contributed by atoms with Gasteiger partial charge < -0.3 is 5.32 Å². The van der Waals surface area contributed by atoms with Crippen molar-refractivity contribution < 1.29 is 0 Å². The number of aromatic nitrogens is 1. The molecule has 2 rings (SSSR count). The number of rotatable bonds is 4. The molecule has 0 saturated carbocycles. The summed E-state index contributed by atoms with van der Waals surface area (Å²) in [6.07, 6.45) is 2.74. The molecule has 0 saturated heterocycles. The van der Waals surface area contributed by atoms with E-state index in [1.807, 2.05) is 31.3 Å². The van der Waals surface area contributed by atoms with E-state index in [1.165, 1.54) is 5.56 Å². The second kappa shape index (κ2) is 5.45. The number of anilines is 1. The summed E-state index contributed by atoms with van der Waals surface area (Å²) in [6, 6.07) is 11.9. The fourth-order valence-electron chi connectivity index (χ4n) is 1.87. The molecule has 0 amide bonds. The molecule has 3 nitrogen and oxygen atoms in total. The highest BCUT2D eigenvalue weighted by Gasteiger charge is 2.09. The Kier molecular flexibility index (Phi) is 3.72. The SMILES string of the molecule is CCc1ccc(C(=N)c2cccnc2NC)cc1. The average molecular weight is 239 g/mol. The third kappa shape index (κ3) is 2.40. The molecule has 0 aliphatic rings. The van der Waals surface area contributed by atoms with E-state index in [1.54, 1.807) is 6.20 Å². The fraction of sp³-hybridized carbons (Fsp3) is 0.200. The summed E-state index contributed by atoms with van der Waals surface area (Å²) >= 11 is 0. The molecule has 0 aliphatic heterocycles. The van der Waals surface area contributed by atoms with Gasteiger partial charge in [0, 0.05) is 24.4 Å². The Labute approximate surface area is 107 Å². The highest BCUT2D eigenvalue weighted by Crippen LogP contribution is 2.16. The molecule has 1 aromatic carbocycles. The van der Waals surface area contributed by atoms with Crippen LogP contribution in [0.3, 0.4) is 0 Å². The molecule has 0 fully saturated rings. The maximum atomic E-state index is 8.26. The van der Waals surface area contributed by atoms with Gasteiger partial charge in [-0.3, -0.25) is 5.41 Å². The van der Waals surface area contributed by atoms with Crippen LogP contribution in [0, 0.1) is 5.41 Å². The molecule has 0 aliphatic carbocycles. The summed E-state index contributed by atoms with van der Waals surface area (Å²) in [6.45, 7) is 2.13. The normalized spacial score (nSPS) is 10.1. The van der Waals surface area contributed by atoms with Gasteiger partial charge in [-0.25, -0.2) is 4.98 Å². The quantitative estimate of drug-likeness (QED) is 0.805. The summed E-state index contributed by atoms with van der Waals surface area (Å²) in [7, 11) is 1.82. The van der Waals surface area contributed by atoms with Crippen molar-refractivity contribution in [1.29, 1.82) is 5.41 Å². The first kappa shape index (κ1) is 12.3. The Balaban J connectivity index is 2.35. The molecular weight excluding hydrogens is 222 g/mol. The minimum absolute atomic E-state index is 0.495. The molecule has 18 heavy (non-hydrogen) atoms. The molecule has 0 radical (unpaired) electrons. The van der Waals surface area contributed by atoms with E-state index in [4.69, 9.17) is 5.41 Å². The minimum Gasteiger partial charge on any atom is -0.373 e. The van der Waals surface area contributed by atoms with Crippen molar-refractivity contribution in [1.82, 2.24) is 4.98 Å². The predicted molar refractivity (Wildman–Crippen MR) is 75.5 cm³/mol. The van der Waals surface area contributed by atoms with Crippen molar-refractivity contribution in [3.63, 3.8) is 0 Å². The van der Waals surface area contributed by atoms with Crippen LogP contribution in [0.25, 0.3) is 0 Å². The van der Waals surface area contributed by atoms with Crippen molar-refractivity contribution in [2.75, 3.05) is 12.4 Å². The zero-order valence-corrected chi connectivity index (χ0v) is 10.7. The molecular formula is C15H17N3. The second-order valence-corrected chi connectivity index (χ2v) is 4.08. The highest BCUT2D eigenvalue weighted by molar-refractivity contribution is 6.13. The lowest BCUT2D eigenvalue weighted by Gasteiger charge is -2.09. The van der Waals surface area contributed by atoms with Gasteiger partial charge >= 0.3 is 0 Å². The largest absolute Gasteiger partial charge is 0.373 e. The Morgan fingerprint density at radius 2 is 1.94 bits per heavy atom. The molecule has 0 spiro atoms. The van der Waals surface area contributed by atoms with E-state index < -0.39 is 0 Å². The zero-order chi connectivity index (χ0) is 13.0. The van der Waals surface area contributed by atoms with Crippen molar-refractivity contribution >= 4 is 11.5 Å². The molecule has 2 N–H and O–H groups in total. The number of nitrogens with zero attached hydrogens (tertiary/aromatic N) is 1. The van der Waals surface area contributed by atoms with E-state index >= 15 is 0 Å². The first-order valence-corrected chi connectivity index (χ1v) is 6.07. The second-order valence-electron chi connectivity index (χ2n) is 4.08. The summed E-state index contributed by atoms with van der Waals surface area (Å²) in [4.78, 5) is 4.23. The van der Waals surface area contributed by atoms with Crippen LogP contribution in [0.15, 0.2) is 42.6 Å². The van der Waals surface area contributed by atoms with E-state index in [0.29, 0.717) is 5.71 Å². The smallest absolute Gasteiger partial charge is 0.135 e. The van der Waals surface area contributed by atoms with Crippen LogP contribution in [-0.4, -0.2) is 17.7 Å². The van der Waals surface area contributed by atoms with Gasteiger partial charge in [-0.1, -0.05) is 31.2 Å². The molecule has 0 atom stereocenters. The van der Waals surface area contributed by atoms with E-state index in [-0.39, 0.29) is 0 Å². The molecule has 1 heterocycles. The molecule has 1 aromatic heterocycles. The van der Waals surface area contributed by atoms with Gasteiger partial charge in [0.05, 0.1) is 5.71 Å². The Morgan fingerprint density at radius 3 is 2.56 bits per heavy atom. The maximum Gasteiger partial charge on any atom is 0.135 e. The summed E-state index contributed by atoms with van der Waals surface area (Å²) < 4.78 is 0. The fourth-order valence-corrected chi connectivity index (χ4v) is 1.87. The molecule has 0 bridgehead atoms. The number of nitrogens with one attached hydrogen (secondary N) is 2. The van der Waals surface area contributed by atoms with Crippen molar-refractivity contribution in [2.24, 2.45) is 0 Å². The van der Waals surface area contributed by atoms with Gasteiger partial charge in [-0.2, -0.15) is 0 Å². The van der Waals surface area contributed by atoms with E-state index in [9.17, 15) is 0 Å². The standard InChI is InChI=1S/C15H17N3/c1-3-11-6-8-12(9-7-11)14(16)13-5-4-10-18-15(13)17-2/h4-10,16H,3H2,1-2H3,(H,17,18). The topological polar surface area (TPSA) is 48.8 Å². The van der Waals surface area contributed by atoms with Gasteiger partial charge in [-0.05, 0) is 24.1 Å². The van der Waals surface area contributed by atoms with Crippen LogP contribution in [0.4, 0.5) is 5.82 Å². The molecule has 92 valence electrons. The monoisotopic (exact) mass is 239 g/mol. The van der Waals surface area contributed by atoms with Crippen LogP contribution >= 0.6 is 0 Å². The van der Waals surface area contributed by atoms with Gasteiger partial charge in [0.1, 0.15) is 5.82 Å². The average Bonchev–Trinajstić information content (AvgIpc) is 2.46. The lowest BCUT2D eigenvalue weighted by Crippen LogP contribution is -2.07. The predicted octanol–water partition coefficient (Wildman–Crippen LogP) is 3.10. The first-order chi connectivity index (χ1) is 8.76. The molecule has 2 aromatic rings. The van der Waals surface area contributed by atoms with Gasteiger partial charge in [0.25, 0.3) is 0 Å². The lowest BCUT2D eigenvalue weighted by molar-refractivity contribution is 1.14. The van der Waals surface area contributed by atoms with Crippen molar-refractivity contribution in [3.8, 4) is 0 Å². The van der Waals surface area contributed by atoms with Gasteiger partial charge in [-0.15, -0.1) is 0 Å². The maximum absolute atomic E-state index is 8.26. The molecule has 3 heteroatoms. The summed E-state index contributed by atoms with van der Waals surface area (Å²) in [5.41, 5.74) is 3.52. The third-order valence-corrected chi connectivity index (χ3v) is 2.96. The Morgan fingerprint density at radius 1 is 1.22 bits per heavy atom. The highest BCUT2D eigenvalue weighted by atomic mass is 15.0. The summed E-state index contributed by atoms with van der Waals surface area (Å²) in [5.74, 6) is 0.738. The van der Waals surface area contributed by atoms with Crippen LogP contribution in [0.5, 0.6) is 0 Å². The van der Waals surface area contributed by atoms with Crippen LogP contribution in [-0.2, 0) is 6.42 Å². The van der Waals surface area contributed by atoms with Gasteiger partial charge in [0.15, 0.2) is 0 Å². The van der Waals surface area contributed by atoms with E-state index in [2.05, 4.69) is 29.4 Å². The number of hydrogen-bond donors (Lipinski definition) is 2. The number of benzene rings is 1. The lowest BCUT2D eigenvalue weighted by atomic mass is 10.0. The van der Waals surface area contributed by atoms with Crippen LogP contribution < -0.4 is 5.32 Å². The van der Waals surface area contributed by atoms with Crippen molar-refractivity contribution in [2.45, 2.75) is 13.3 Å². The van der Waals surface area contributed by atoms with Crippen molar-refractivity contribution in [3.05, 3.63) is 59.3 Å². The first-order valence-electron chi connectivity index (χ1n) is 6.07. The van der Waals surface area contributed by atoms with Crippen LogP contribution in [0.2, 0.25) is 0 Å².